The Hall–Kier alpha value is -3.39. The zero-order chi connectivity index (χ0) is 18.9. The molecule has 6 rings (SSSR count). The number of rotatable bonds is 1. The van der Waals surface area contributed by atoms with E-state index in [0.717, 1.165) is 0 Å². The summed E-state index contributed by atoms with van der Waals surface area (Å²) in [5, 5.41) is 3.72. The molecule has 0 spiro atoms. The van der Waals surface area contributed by atoms with Crippen LogP contribution in [-0.4, -0.2) is 9.55 Å². The maximum atomic E-state index is 4.26. The van der Waals surface area contributed by atoms with Gasteiger partial charge in [-0.15, -0.1) is 0 Å². The molecule has 3 aromatic carbocycles. The lowest BCUT2D eigenvalue weighted by Crippen LogP contribution is -2.14. The van der Waals surface area contributed by atoms with E-state index in [0.29, 0.717) is 0 Å². The number of pyridine rings is 1. The van der Waals surface area contributed by atoms with Gasteiger partial charge < -0.3 is 4.57 Å². The second-order valence-corrected chi connectivity index (χ2v) is 8.15. The van der Waals surface area contributed by atoms with Gasteiger partial charge in [-0.05, 0) is 40.8 Å². The summed E-state index contributed by atoms with van der Waals surface area (Å²) in [5.41, 5.74) is 7.96. The number of nitrogens with zero attached hydrogens (tertiary/aromatic N) is 2. The van der Waals surface area contributed by atoms with Crippen molar-refractivity contribution in [2.75, 3.05) is 0 Å². The first-order chi connectivity index (χ1) is 13.7. The third-order valence-electron chi connectivity index (χ3n) is 6.24. The molecule has 1 aliphatic carbocycles. The highest BCUT2D eigenvalue weighted by Crippen LogP contribution is 2.53. The quantitative estimate of drug-likeness (QED) is 0.334. The summed E-state index contributed by atoms with van der Waals surface area (Å²) in [6.07, 6.45) is 3.79. The summed E-state index contributed by atoms with van der Waals surface area (Å²) in [5.74, 6) is 0. The normalized spacial score (nSPS) is 14.4. The van der Waals surface area contributed by atoms with E-state index in [1.807, 2.05) is 12.4 Å². The molecule has 2 nitrogen and oxygen atoms in total. The summed E-state index contributed by atoms with van der Waals surface area (Å²) in [4.78, 5) is 4.26. The minimum atomic E-state index is -0.0163. The Morgan fingerprint density at radius 3 is 2.57 bits per heavy atom. The molecule has 0 aliphatic heterocycles. The van der Waals surface area contributed by atoms with Crippen molar-refractivity contribution in [2.24, 2.45) is 0 Å². The SMILES string of the molecule is CC1(C)c2ccccc2-c2c1c1ccccc1n2-c1ccc2cnccc2c1. The van der Waals surface area contributed by atoms with Crippen LogP contribution in [0, 0.1) is 0 Å². The third kappa shape index (κ3) is 1.90. The summed E-state index contributed by atoms with van der Waals surface area (Å²) < 4.78 is 2.44. The van der Waals surface area contributed by atoms with E-state index < -0.39 is 0 Å². The third-order valence-corrected chi connectivity index (χ3v) is 6.24. The molecule has 2 heteroatoms. The standard InChI is InChI=1S/C26H20N2/c1-26(2)22-9-5-3-7-20(22)25-24(26)21-8-4-6-10-23(21)28(25)19-12-11-18-16-27-14-13-17(18)15-19/h3-16H,1-2H3. The van der Waals surface area contributed by atoms with Gasteiger partial charge in [0, 0.05) is 39.8 Å². The summed E-state index contributed by atoms with van der Waals surface area (Å²) in [6, 6.07) is 26.4. The van der Waals surface area contributed by atoms with E-state index in [2.05, 4.69) is 96.2 Å². The Balaban J connectivity index is 1.78. The fourth-order valence-corrected chi connectivity index (χ4v) is 4.97. The predicted octanol–water partition coefficient (Wildman–Crippen LogP) is 6.49. The average molecular weight is 360 g/mol. The Morgan fingerprint density at radius 1 is 0.821 bits per heavy atom. The van der Waals surface area contributed by atoms with Gasteiger partial charge in [0.1, 0.15) is 0 Å². The first-order valence-corrected chi connectivity index (χ1v) is 9.74. The average Bonchev–Trinajstić information content (AvgIpc) is 3.19. The number of aromatic nitrogens is 2. The van der Waals surface area contributed by atoms with Crippen LogP contribution in [0.4, 0.5) is 0 Å². The Labute approximate surface area is 164 Å². The molecular weight excluding hydrogens is 340 g/mol. The van der Waals surface area contributed by atoms with Crippen molar-refractivity contribution in [1.82, 2.24) is 9.55 Å². The van der Waals surface area contributed by atoms with Gasteiger partial charge in [0.25, 0.3) is 0 Å². The molecule has 1 aliphatic rings. The maximum Gasteiger partial charge on any atom is 0.0584 e. The van der Waals surface area contributed by atoms with Crippen LogP contribution in [0.2, 0.25) is 0 Å². The van der Waals surface area contributed by atoms with E-state index in [4.69, 9.17) is 0 Å². The highest BCUT2D eigenvalue weighted by molar-refractivity contribution is 5.99. The van der Waals surface area contributed by atoms with Crippen LogP contribution < -0.4 is 0 Å². The molecule has 2 heterocycles. The van der Waals surface area contributed by atoms with E-state index in [1.54, 1.807) is 0 Å². The van der Waals surface area contributed by atoms with Crippen molar-refractivity contribution in [2.45, 2.75) is 19.3 Å². The lowest BCUT2D eigenvalue weighted by molar-refractivity contribution is 0.666. The predicted molar refractivity (Wildman–Crippen MR) is 116 cm³/mol. The van der Waals surface area contributed by atoms with E-state index >= 15 is 0 Å². The van der Waals surface area contributed by atoms with Crippen molar-refractivity contribution in [3.63, 3.8) is 0 Å². The van der Waals surface area contributed by atoms with Crippen LogP contribution in [0.1, 0.15) is 25.0 Å². The minimum absolute atomic E-state index is 0.0163. The molecule has 28 heavy (non-hydrogen) atoms. The molecule has 0 unspecified atom stereocenters. The molecular formula is C26H20N2. The fourth-order valence-electron chi connectivity index (χ4n) is 4.97. The molecule has 134 valence electrons. The minimum Gasteiger partial charge on any atom is -0.309 e. The first kappa shape index (κ1) is 15.6. The van der Waals surface area contributed by atoms with Crippen LogP contribution >= 0.6 is 0 Å². The Morgan fingerprint density at radius 2 is 1.64 bits per heavy atom. The summed E-state index contributed by atoms with van der Waals surface area (Å²) in [6.45, 7) is 4.70. The van der Waals surface area contributed by atoms with Crippen molar-refractivity contribution in [1.29, 1.82) is 0 Å². The van der Waals surface area contributed by atoms with Gasteiger partial charge in [-0.2, -0.15) is 0 Å². The number of hydrogen-bond donors (Lipinski definition) is 0. The molecule has 5 aromatic rings. The van der Waals surface area contributed by atoms with Gasteiger partial charge in [-0.3, -0.25) is 4.98 Å². The van der Waals surface area contributed by atoms with E-state index in [9.17, 15) is 0 Å². The van der Waals surface area contributed by atoms with E-state index in [1.165, 1.54) is 49.7 Å². The van der Waals surface area contributed by atoms with Crippen molar-refractivity contribution < 1.29 is 0 Å². The molecule has 0 saturated heterocycles. The second kappa shape index (κ2) is 5.32. The largest absolute Gasteiger partial charge is 0.309 e. The Kier molecular flexibility index (Phi) is 2.98. The van der Waals surface area contributed by atoms with E-state index in [-0.39, 0.29) is 5.41 Å². The lowest BCUT2D eigenvalue weighted by atomic mass is 9.81. The summed E-state index contributed by atoms with van der Waals surface area (Å²) in [7, 11) is 0. The maximum absolute atomic E-state index is 4.26. The molecule has 2 aromatic heterocycles. The van der Waals surface area contributed by atoms with Gasteiger partial charge in [-0.25, -0.2) is 0 Å². The number of hydrogen-bond acceptors (Lipinski definition) is 1. The topological polar surface area (TPSA) is 17.8 Å². The number of benzene rings is 3. The molecule has 0 bridgehead atoms. The van der Waals surface area contributed by atoms with Gasteiger partial charge in [-0.1, -0.05) is 62.4 Å². The molecule has 0 saturated carbocycles. The molecule has 0 N–H and O–H groups in total. The molecule has 0 amide bonds. The monoisotopic (exact) mass is 360 g/mol. The zero-order valence-electron chi connectivity index (χ0n) is 16.0. The van der Waals surface area contributed by atoms with Crippen molar-refractivity contribution >= 4 is 21.7 Å². The van der Waals surface area contributed by atoms with Gasteiger partial charge >= 0.3 is 0 Å². The fraction of sp³-hybridized carbons (Fsp3) is 0.115. The van der Waals surface area contributed by atoms with Crippen LogP contribution in [0.25, 0.3) is 38.6 Å². The van der Waals surface area contributed by atoms with Gasteiger partial charge in [0.05, 0.1) is 11.2 Å². The first-order valence-electron chi connectivity index (χ1n) is 9.74. The summed E-state index contributed by atoms with van der Waals surface area (Å²) >= 11 is 0. The van der Waals surface area contributed by atoms with Crippen LogP contribution in [0.5, 0.6) is 0 Å². The molecule has 0 radical (unpaired) electrons. The Bertz CT molecular complexity index is 1390. The second-order valence-electron chi connectivity index (χ2n) is 8.15. The smallest absolute Gasteiger partial charge is 0.0584 e. The van der Waals surface area contributed by atoms with Gasteiger partial charge in [0.15, 0.2) is 0 Å². The van der Waals surface area contributed by atoms with Crippen LogP contribution in [-0.2, 0) is 5.41 Å². The van der Waals surface area contributed by atoms with Crippen LogP contribution in [0.15, 0.2) is 85.2 Å². The molecule has 0 fully saturated rings. The number of fused-ring (bicyclic) bond motifs is 6. The van der Waals surface area contributed by atoms with Gasteiger partial charge in [0.2, 0.25) is 0 Å². The highest BCUT2D eigenvalue weighted by atomic mass is 15.0. The number of para-hydroxylation sites is 1. The lowest BCUT2D eigenvalue weighted by Gasteiger charge is -2.21. The highest BCUT2D eigenvalue weighted by Gasteiger charge is 2.40. The van der Waals surface area contributed by atoms with Crippen LogP contribution in [0.3, 0.4) is 0 Å². The molecule has 0 atom stereocenters. The van der Waals surface area contributed by atoms with Crippen molar-refractivity contribution in [3.8, 4) is 16.9 Å². The van der Waals surface area contributed by atoms with Crippen molar-refractivity contribution in [3.05, 3.63) is 96.3 Å². The zero-order valence-corrected chi connectivity index (χ0v) is 16.0.